The molecule has 1 heterocycles. The number of alkyl halides is 1. The molecule has 0 amide bonds. The molecule has 96 valence electrons. The van der Waals surface area contributed by atoms with E-state index in [0.717, 1.165) is 15.3 Å². The average molecular weight is 287 g/mol. The molecule has 2 aromatic rings. The fourth-order valence-corrected chi connectivity index (χ4v) is 3.44. The van der Waals surface area contributed by atoms with Gasteiger partial charge in [-0.1, -0.05) is 6.07 Å². The number of aryl methyl sites for hydroxylation is 2. The van der Waals surface area contributed by atoms with Crippen LogP contribution in [-0.2, 0) is 6.42 Å². The normalized spacial score (nSPS) is 12.7. The minimum atomic E-state index is -0.536. The first-order valence-electron chi connectivity index (χ1n) is 5.63. The Balaban J connectivity index is 2.26. The van der Waals surface area contributed by atoms with Crippen molar-refractivity contribution in [3.8, 4) is 0 Å². The van der Waals surface area contributed by atoms with Crippen LogP contribution in [0, 0.1) is 25.5 Å². The fraction of sp³-hybridized carbons (Fsp3) is 0.286. The van der Waals surface area contributed by atoms with Gasteiger partial charge in [-0.15, -0.1) is 22.9 Å². The Morgan fingerprint density at radius 1 is 1.22 bits per heavy atom. The van der Waals surface area contributed by atoms with Gasteiger partial charge in [0, 0.05) is 15.3 Å². The van der Waals surface area contributed by atoms with Crippen molar-refractivity contribution in [3.63, 3.8) is 0 Å². The summed E-state index contributed by atoms with van der Waals surface area (Å²) in [7, 11) is 0. The molecule has 0 aliphatic carbocycles. The van der Waals surface area contributed by atoms with E-state index in [9.17, 15) is 8.78 Å². The van der Waals surface area contributed by atoms with Crippen molar-refractivity contribution in [3.05, 3.63) is 56.8 Å². The van der Waals surface area contributed by atoms with Crippen LogP contribution in [-0.4, -0.2) is 0 Å². The first-order chi connectivity index (χ1) is 8.49. The molecule has 0 N–H and O–H groups in total. The molecule has 1 aromatic heterocycles. The van der Waals surface area contributed by atoms with Gasteiger partial charge >= 0.3 is 0 Å². The molecule has 0 nitrogen and oxygen atoms in total. The maximum Gasteiger partial charge on any atom is 0.129 e. The van der Waals surface area contributed by atoms with Gasteiger partial charge in [0.05, 0.1) is 5.38 Å². The number of benzene rings is 1. The molecule has 2 rings (SSSR count). The molecule has 0 fully saturated rings. The van der Waals surface area contributed by atoms with Crippen molar-refractivity contribution in [1.82, 2.24) is 0 Å². The van der Waals surface area contributed by atoms with Crippen LogP contribution in [0.5, 0.6) is 0 Å². The summed E-state index contributed by atoms with van der Waals surface area (Å²) in [6.07, 6.45) is 0.168. The van der Waals surface area contributed by atoms with Crippen molar-refractivity contribution < 1.29 is 8.78 Å². The second kappa shape index (κ2) is 5.37. The van der Waals surface area contributed by atoms with Crippen LogP contribution in [0.25, 0.3) is 0 Å². The summed E-state index contributed by atoms with van der Waals surface area (Å²) in [5, 5.41) is -0.393. The standard InChI is InChI=1S/C14H13ClF2S/c1-8-6-9(2)18-14(8)11(15)7-10-12(16)4-3-5-13(10)17/h3-6,11H,7H2,1-2H3. The second-order valence-corrected chi connectivity index (χ2v) is 6.09. The van der Waals surface area contributed by atoms with Gasteiger partial charge in [0.1, 0.15) is 11.6 Å². The largest absolute Gasteiger partial charge is 0.207 e. The molecule has 18 heavy (non-hydrogen) atoms. The summed E-state index contributed by atoms with van der Waals surface area (Å²) in [4.78, 5) is 2.14. The molecular formula is C14H13ClF2S. The number of rotatable bonds is 3. The molecule has 1 atom stereocenters. The maximum atomic E-state index is 13.5. The second-order valence-electron chi connectivity index (χ2n) is 4.28. The topological polar surface area (TPSA) is 0 Å². The third kappa shape index (κ3) is 2.73. The minimum absolute atomic E-state index is 0.0583. The van der Waals surface area contributed by atoms with Gasteiger partial charge in [0.15, 0.2) is 0 Å². The van der Waals surface area contributed by atoms with Gasteiger partial charge in [-0.3, -0.25) is 0 Å². The van der Waals surface area contributed by atoms with Crippen molar-refractivity contribution in [2.24, 2.45) is 0 Å². The Labute approximate surface area is 114 Å². The van der Waals surface area contributed by atoms with Gasteiger partial charge in [-0.05, 0) is 44.0 Å². The molecular weight excluding hydrogens is 274 g/mol. The SMILES string of the molecule is Cc1cc(C)c(C(Cl)Cc2c(F)cccc2F)s1. The number of hydrogen-bond donors (Lipinski definition) is 0. The summed E-state index contributed by atoms with van der Waals surface area (Å²) in [5.74, 6) is -1.07. The van der Waals surface area contributed by atoms with Crippen LogP contribution < -0.4 is 0 Å². The Hall–Kier alpha value is -0.930. The van der Waals surface area contributed by atoms with Crippen molar-refractivity contribution >= 4 is 22.9 Å². The first kappa shape index (κ1) is 13.5. The lowest BCUT2D eigenvalue weighted by molar-refractivity contribution is 0.553. The molecule has 1 aromatic carbocycles. The van der Waals surface area contributed by atoms with E-state index in [1.807, 2.05) is 19.9 Å². The zero-order valence-corrected chi connectivity index (χ0v) is 11.7. The van der Waals surface area contributed by atoms with E-state index < -0.39 is 17.0 Å². The summed E-state index contributed by atoms with van der Waals surface area (Å²) >= 11 is 7.86. The van der Waals surface area contributed by atoms with E-state index in [0.29, 0.717) is 0 Å². The van der Waals surface area contributed by atoms with Gasteiger partial charge in [-0.25, -0.2) is 8.78 Å². The number of thiophene rings is 1. The Bertz CT molecular complexity index is 543. The first-order valence-corrected chi connectivity index (χ1v) is 6.88. The lowest BCUT2D eigenvalue weighted by atomic mass is 10.1. The molecule has 0 saturated heterocycles. The lowest BCUT2D eigenvalue weighted by Crippen LogP contribution is -2.01. The molecule has 1 unspecified atom stereocenters. The van der Waals surface area contributed by atoms with E-state index in [-0.39, 0.29) is 12.0 Å². The van der Waals surface area contributed by atoms with Crippen molar-refractivity contribution in [2.45, 2.75) is 25.6 Å². The highest BCUT2D eigenvalue weighted by atomic mass is 35.5. The lowest BCUT2D eigenvalue weighted by Gasteiger charge is -2.10. The molecule has 0 saturated carbocycles. The summed E-state index contributed by atoms with van der Waals surface area (Å²) in [6.45, 7) is 3.96. The predicted molar refractivity (Wildman–Crippen MR) is 72.4 cm³/mol. The summed E-state index contributed by atoms with van der Waals surface area (Å²) in [5.41, 5.74) is 1.14. The molecule has 0 spiro atoms. The summed E-state index contributed by atoms with van der Waals surface area (Å²) in [6, 6.07) is 5.91. The zero-order valence-electron chi connectivity index (χ0n) is 10.1. The Morgan fingerprint density at radius 3 is 2.33 bits per heavy atom. The molecule has 0 aliphatic rings. The number of hydrogen-bond acceptors (Lipinski definition) is 1. The van der Waals surface area contributed by atoms with Crippen molar-refractivity contribution in [1.29, 1.82) is 0 Å². The fourth-order valence-electron chi connectivity index (χ4n) is 1.97. The molecule has 0 aliphatic heterocycles. The van der Waals surface area contributed by atoms with Crippen LogP contribution in [0.15, 0.2) is 24.3 Å². The van der Waals surface area contributed by atoms with Gasteiger partial charge in [0.25, 0.3) is 0 Å². The van der Waals surface area contributed by atoms with E-state index in [2.05, 4.69) is 0 Å². The van der Waals surface area contributed by atoms with E-state index in [1.165, 1.54) is 18.2 Å². The molecule has 0 radical (unpaired) electrons. The summed E-state index contributed by atoms with van der Waals surface area (Å²) < 4.78 is 27.1. The smallest absolute Gasteiger partial charge is 0.129 e. The zero-order chi connectivity index (χ0) is 13.3. The molecule has 0 bridgehead atoms. The highest BCUT2D eigenvalue weighted by Crippen LogP contribution is 2.34. The third-order valence-electron chi connectivity index (χ3n) is 2.81. The third-order valence-corrected chi connectivity index (χ3v) is 4.58. The van der Waals surface area contributed by atoms with Gasteiger partial charge < -0.3 is 0 Å². The maximum absolute atomic E-state index is 13.5. The monoisotopic (exact) mass is 286 g/mol. The van der Waals surface area contributed by atoms with Crippen LogP contribution in [0.3, 0.4) is 0 Å². The Kier molecular flexibility index (Phi) is 4.03. The van der Waals surface area contributed by atoms with E-state index >= 15 is 0 Å². The van der Waals surface area contributed by atoms with Crippen LogP contribution in [0.4, 0.5) is 8.78 Å². The molecule has 4 heteroatoms. The highest BCUT2D eigenvalue weighted by Gasteiger charge is 2.18. The average Bonchev–Trinajstić information content (AvgIpc) is 2.63. The quantitative estimate of drug-likeness (QED) is 0.683. The van der Waals surface area contributed by atoms with Gasteiger partial charge in [0.2, 0.25) is 0 Å². The van der Waals surface area contributed by atoms with E-state index in [4.69, 9.17) is 11.6 Å². The van der Waals surface area contributed by atoms with Gasteiger partial charge in [-0.2, -0.15) is 0 Å². The minimum Gasteiger partial charge on any atom is -0.207 e. The van der Waals surface area contributed by atoms with E-state index in [1.54, 1.807) is 11.3 Å². The Morgan fingerprint density at radius 2 is 1.83 bits per heavy atom. The predicted octanol–water partition coefficient (Wildman–Crippen LogP) is 5.17. The van der Waals surface area contributed by atoms with Crippen LogP contribution in [0.1, 0.15) is 26.3 Å². The van der Waals surface area contributed by atoms with Crippen LogP contribution >= 0.6 is 22.9 Å². The van der Waals surface area contributed by atoms with Crippen LogP contribution in [0.2, 0.25) is 0 Å². The number of halogens is 3. The highest BCUT2D eigenvalue weighted by molar-refractivity contribution is 7.12. The van der Waals surface area contributed by atoms with Crippen molar-refractivity contribution in [2.75, 3.05) is 0 Å².